The van der Waals surface area contributed by atoms with E-state index in [2.05, 4.69) is 15.6 Å². The van der Waals surface area contributed by atoms with Crippen LogP contribution in [0, 0.1) is 23.0 Å². The number of guanidine groups is 1. The second-order valence-corrected chi connectivity index (χ2v) is 5.83. The highest BCUT2D eigenvalue weighted by Crippen LogP contribution is 2.15. The Kier molecular flexibility index (Phi) is 7.56. The molecule has 0 spiro atoms. The molecule has 2 aromatic carbocycles. The van der Waals surface area contributed by atoms with E-state index in [0.29, 0.717) is 35.8 Å². The molecule has 0 saturated heterocycles. The molecule has 27 heavy (non-hydrogen) atoms. The summed E-state index contributed by atoms with van der Waals surface area (Å²) in [6, 6.07) is 12.2. The molecule has 5 nitrogen and oxygen atoms in total. The second kappa shape index (κ2) is 10.1. The summed E-state index contributed by atoms with van der Waals surface area (Å²) < 4.78 is 32.9. The van der Waals surface area contributed by atoms with E-state index in [4.69, 9.17) is 10.00 Å². The first-order valence-electron chi connectivity index (χ1n) is 8.61. The predicted octanol–water partition coefficient (Wildman–Crippen LogP) is 3.36. The number of aliphatic imine (C=N–C) groups is 1. The number of nitriles is 1. The van der Waals surface area contributed by atoms with Gasteiger partial charge >= 0.3 is 0 Å². The fourth-order valence-electron chi connectivity index (χ4n) is 2.39. The molecule has 7 heteroatoms. The van der Waals surface area contributed by atoms with Gasteiger partial charge in [-0.3, -0.25) is 4.99 Å². The number of nitrogens with one attached hydrogen (secondary N) is 2. The summed E-state index contributed by atoms with van der Waals surface area (Å²) in [6.45, 7) is 2.58. The normalized spacial score (nSPS) is 12.2. The number of hydrogen-bond donors (Lipinski definition) is 2. The van der Waals surface area contributed by atoms with E-state index in [-0.39, 0.29) is 18.5 Å². The third-order valence-electron chi connectivity index (χ3n) is 3.90. The lowest BCUT2D eigenvalue weighted by molar-refractivity contribution is 0.198. The molecular weight excluding hydrogens is 350 g/mol. The summed E-state index contributed by atoms with van der Waals surface area (Å²) in [7, 11) is 1.60. The van der Waals surface area contributed by atoms with Crippen LogP contribution < -0.4 is 15.4 Å². The van der Waals surface area contributed by atoms with Crippen molar-refractivity contribution in [2.45, 2.75) is 26.0 Å². The zero-order chi connectivity index (χ0) is 19.6. The quantitative estimate of drug-likeness (QED) is 0.578. The molecule has 0 amide bonds. The van der Waals surface area contributed by atoms with Crippen LogP contribution in [0.5, 0.6) is 5.75 Å². The van der Waals surface area contributed by atoms with Crippen molar-refractivity contribution in [2.75, 3.05) is 13.6 Å². The Morgan fingerprint density at radius 3 is 2.70 bits per heavy atom. The fraction of sp³-hybridized carbons (Fsp3) is 0.300. The highest BCUT2D eigenvalue weighted by Gasteiger charge is 2.11. The molecule has 0 fully saturated rings. The summed E-state index contributed by atoms with van der Waals surface area (Å²) in [4.78, 5) is 4.09. The van der Waals surface area contributed by atoms with Gasteiger partial charge in [-0.1, -0.05) is 13.0 Å². The number of nitrogens with zero attached hydrogens (tertiary/aromatic N) is 2. The SMILES string of the molecule is CCC(CNC(=NC)NCc1cc(C#N)ccc1F)Oc1cccc(F)c1. The molecule has 1 unspecified atom stereocenters. The molecule has 0 bridgehead atoms. The van der Waals surface area contributed by atoms with Crippen LogP contribution in [0.3, 0.4) is 0 Å². The van der Waals surface area contributed by atoms with Crippen LogP contribution in [0.15, 0.2) is 47.5 Å². The summed E-state index contributed by atoms with van der Waals surface area (Å²) in [6.07, 6.45) is 0.517. The van der Waals surface area contributed by atoms with Gasteiger partial charge in [-0.25, -0.2) is 8.78 Å². The number of hydrogen-bond acceptors (Lipinski definition) is 3. The van der Waals surface area contributed by atoms with Crippen LogP contribution in [0.4, 0.5) is 8.78 Å². The Morgan fingerprint density at radius 2 is 2.04 bits per heavy atom. The summed E-state index contributed by atoms with van der Waals surface area (Å²) in [5.41, 5.74) is 0.769. The van der Waals surface area contributed by atoms with E-state index in [9.17, 15) is 8.78 Å². The van der Waals surface area contributed by atoms with Crippen LogP contribution in [-0.4, -0.2) is 25.7 Å². The maximum Gasteiger partial charge on any atom is 0.191 e. The van der Waals surface area contributed by atoms with Crippen molar-refractivity contribution in [2.24, 2.45) is 4.99 Å². The Morgan fingerprint density at radius 1 is 1.22 bits per heavy atom. The smallest absolute Gasteiger partial charge is 0.191 e. The van der Waals surface area contributed by atoms with Gasteiger partial charge in [-0.2, -0.15) is 5.26 Å². The second-order valence-electron chi connectivity index (χ2n) is 5.83. The topological polar surface area (TPSA) is 69.4 Å². The summed E-state index contributed by atoms with van der Waals surface area (Å²) in [5, 5.41) is 15.0. The lowest BCUT2D eigenvalue weighted by atomic mass is 10.1. The van der Waals surface area contributed by atoms with Crippen LogP contribution in [0.2, 0.25) is 0 Å². The lowest BCUT2D eigenvalue weighted by Gasteiger charge is -2.20. The highest BCUT2D eigenvalue weighted by molar-refractivity contribution is 5.79. The van der Waals surface area contributed by atoms with Crippen molar-refractivity contribution in [3.8, 4) is 11.8 Å². The van der Waals surface area contributed by atoms with Crippen LogP contribution in [0.25, 0.3) is 0 Å². The molecule has 0 aliphatic heterocycles. The zero-order valence-electron chi connectivity index (χ0n) is 15.3. The minimum atomic E-state index is -0.391. The monoisotopic (exact) mass is 372 g/mol. The van der Waals surface area contributed by atoms with Crippen molar-refractivity contribution in [3.05, 3.63) is 65.2 Å². The molecule has 2 rings (SSSR count). The largest absolute Gasteiger partial charge is 0.489 e. The molecule has 0 aliphatic rings. The van der Waals surface area contributed by atoms with Crippen LogP contribution in [0.1, 0.15) is 24.5 Å². The number of rotatable bonds is 7. The number of benzene rings is 2. The van der Waals surface area contributed by atoms with Crippen LogP contribution >= 0.6 is 0 Å². The predicted molar refractivity (Wildman–Crippen MR) is 100 cm³/mol. The Balaban J connectivity index is 1.90. The van der Waals surface area contributed by atoms with Crippen molar-refractivity contribution < 1.29 is 13.5 Å². The van der Waals surface area contributed by atoms with E-state index in [1.807, 2.05) is 13.0 Å². The minimum Gasteiger partial charge on any atom is -0.489 e. The van der Waals surface area contributed by atoms with Crippen molar-refractivity contribution in [3.63, 3.8) is 0 Å². The first-order chi connectivity index (χ1) is 13.0. The maximum atomic E-state index is 13.8. The molecule has 0 aliphatic carbocycles. The molecule has 0 radical (unpaired) electrons. The van der Waals surface area contributed by atoms with Gasteiger partial charge < -0.3 is 15.4 Å². The van der Waals surface area contributed by atoms with Gasteiger partial charge in [0.15, 0.2) is 5.96 Å². The van der Waals surface area contributed by atoms with Gasteiger partial charge in [0.1, 0.15) is 23.5 Å². The van der Waals surface area contributed by atoms with Gasteiger partial charge in [0.05, 0.1) is 18.2 Å². The molecule has 0 saturated carbocycles. The first-order valence-corrected chi connectivity index (χ1v) is 8.61. The standard InChI is InChI=1S/C20H22F2N4O/c1-3-17(27-18-6-4-5-16(21)10-18)13-26-20(24-2)25-12-15-9-14(11-23)7-8-19(15)22/h4-10,17H,3,12-13H2,1-2H3,(H2,24,25,26). The summed E-state index contributed by atoms with van der Waals surface area (Å²) >= 11 is 0. The lowest BCUT2D eigenvalue weighted by Crippen LogP contribution is -2.42. The Hall–Kier alpha value is -3.14. The molecule has 0 heterocycles. The van der Waals surface area contributed by atoms with E-state index < -0.39 is 5.82 Å². The van der Waals surface area contributed by atoms with E-state index >= 15 is 0 Å². The average Bonchev–Trinajstić information content (AvgIpc) is 2.68. The summed E-state index contributed by atoms with van der Waals surface area (Å²) in [5.74, 6) is 0.187. The zero-order valence-corrected chi connectivity index (χ0v) is 15.3. The highest BCUT2D eigenvalue weighted by atomic mass is 19.1. The van der Waals surface area contributed by atoms with Gasteiger partial charge in [0.2, 0.25) is 0 Å². The minimum absolute atomic E-state index is 0.183. The molecule has 2 aromatic rings. The van der Waals surface area contributed by atoms with Gasteiger partial charge in [-0.05, 0) is 36.8 Å². The van der Waals surface area contributed by atoms with E-state index in [1.165, 1.54) is 30.3 Å². The van der Waals surface area contributed by atoms with Gasteiger partial charge in [0.25, 0.3) is 0 Å². The molecule has 0 aromatic heterocycles. The molecular formula is C20H22F2N4O. The van der Waals surface area contributed by atoms with Crippen molar-refractivity contribution >= 4 is 5.96 Å². The fourth-order valence-corrected chi connectivity index (χ4v) is 2.39. The van der Waals surface area contributed by atoms with Gasteiger partial charge in [0, 0.05) is 25.2 Å². The van der Waals surface area contributed by atoms with Crippen molar-refractivity contribution in [1.29, 1.82) is 5.26 Å². The third kappa shape index (κ3) is 6.26. The van der Waals surface area contributed by atoms with Crippen LogP contribution in [-0.2, 0) is 6.54 Å². The van der Waals surface area contributed by atoms with Gasteiger partial charge in [-0.15, -0.1) is 0 Å². The third-order valence-corrected chi connectivity index (χ3v) is 3.90. The van der Waals surface area contributed by atoms with E-state index in [0.717, 1.165) is 0 Å². The molecule has 1 atom stereocenters. The number of halogens is 2. The average molecular weight is 372 g/mol. The van der Waals surface area contributed by atoms with Crippen molar-refractivity contribution in [1.82, 2.24) is 10.6 Å². The molecule has 142 valence electrons. The Labute approximate surface area is 157 Å². The number of ether oxygens (including phenoxy) is 1. The van der Waals surface area contributed by atoms with E-state index in [1.54, 1.807) is 19.2 Å². The molecule has 2 N–H and O–H groups in total. The Bertz CT molecular complexity index is 833. The first kappa shape index (κ1) is 20.2. The maximum absolute atomic E-state index is 13.8.